The normalized spacial score (nSPS) is 11.9. The summed E-state index contributed by atoms with van der Waals surface area (Å²) in [5.74, 6) is 1.75. The van der Waals surface area contributed by atoms with Crippen LogP contribution in [0.5, 0.6) is 0 Å². The molecule has 0 amide bonds. The van der Waals surface area contributed by atoms with Crippen molar-refractivity contribution in [2.75, 3.05) is 0 Å². The summed E-state index contributed by atoms with van der Waals surface area (Å²) in [5, 5.41) is 4.78. The maximum Gasteiger partial charge on any atom is 0.137 e. The lowest BCUT2D eigenvalue weighted by Gasteiger charge is -2.09. The van der Waals surface area contributed by atoms with Gasteiger partial charge < -0.3 is 9.73 Å². The summed E-state index contributed by atoms with van der Waals surface area (Å²) in [6.45, 7) is 11.9. The molecular weight excluding hydrogens is 246 g/mol. The molecule has 2 heteroatoms. The molecular formula is C18H27NO. The van der Waals surface area contributed by atoms with Crippen molar-refractivity contribution < 1.29 is 4.42 Å². The summed E-state index contributed by atoms with van der Waals surface area (Å²) >= 11 is 0. The van der Waals surface area contributed by atoms with Crippen molar-refractivity contribution in [3.05, 3.63) is 35.1 Å². The van der Waals surface area contributed by atoms with Gasteiger partial charge in [-0.25, -0.2) is 0 Å². The number of para-hydroxylation sites is 1. The van der Waals surface area contributed by atoms with E-state index in [9.17, 15) is 0 Å². The molecule has 2 nitrogen and oxygen atoms in total. The van der Waals surface area contributed by atoms with Crippen LogP contribution in [0.4, 0.5) is 0 Å². The molecule has 1 aromatic heterocycles. The number of aryl methyl sites for hydroxylation is 1. The lowest BCUT2D eigenvalue weighted by atomic mass is 9.98. The third-order valence-electron chi connectivity index (χ3n) is 3.65. The lowest BCUT2D eigenvalue weighted by molar-refractivity contribution is 0.477. The van der Waals surface area contributed by atoms with Gasteiger partial charge in [-0.1, -0.05) is 52.8 Å². The first kappa shape index (κ1) is 15.1. The number of rotatable bonds is 6. The monoisotopic (exact) mass is 273 g/mol. The van der Waals surface area contributed by atoms with Crippen LogP contribution in [0.25, 0.3) is 11.0 Å². The number of hydrogen-bond acceptors (Lipinski definition) is 2. The van der Waals surface area contributed by atoms with Crippen LogP contribution in [0.15, 0.2) is 22.6 Å². The van der Waals surface area contributed by atoms with Crippen molar-refractivity contribution in [2.24, 2.45) is 5.92 Å². The smallest absolute Gasteiger partial charge is 0.137 e. The Morgan fingerprint density at radius 1 is 1.15 bits per heavy atom. The molecule has 20 heavy (non-hydrogen) atoms. The maximum absolute atomic E-state index is 6.21. The topological polar surface area (TPSA) is 25.2 Å². The zero-order chi connectivity index (χ0) is 14.7. The standard InChI is InChI=1S/C18H27NO/c1-6-14-8-7-9-15-16(10-12(2)3)17(20-18(14)15)11-19-13(4)5/h7-9,12-13,19H,6,10-11H2,1-5H3. The second-order valence-electron chi connectivity index (χ2n) is 6.28. The molecule has 0 fully saturated rings. The van der Waals surface area contributed by atoms with E-state index in [-0.39, 0.29) is 0 Å². The number of fused-ring (bicyclic) bond motifs is 1. The Morgan fingerprint density at radius 3 is 2.50 bits per heavy atom. The van der Waals surface area contributed by atoms with Crippen LogP contribution >= 0.6 is 0 Å². The van der Waals surface area contributed by atoms with E-state index in [1.54, 1.807) is 0 Å². The Morgan fingerprint density at radius 2 is 1.90 bits per heavy atom. The molecule has 0 radical (unpaired) electrons. The molecule has 1 N–H and O–H groups in total. The van der Waals surface area contributed by atoms with Gasteiger partial charge in [0.1, 0.15) is 11.3 Å². The molecule has 0 aliphatic heterocycles. The number of furan rings is 1. The molecule has 0 atom stereocenters. The van der Waals surface area contributed by atoms with E-state index in [2.05, 4.69) is 58.1 Å². The molecule has 0 saturated heterocycles. The molecule has 1 heterocycles. The Labute approximate surface area is 122 Å². The second-order valence-corrected chi connectivity index (χ2v) is 6.28. The molecule has 0 unspecified atom stereocenters. The molecule has 0 saturated carbocycles. The minimum absolute atomic E-state index is 0.473. The first-order valence-corrected chi connectivity index (χ1v) is 7.78. The van der Waals surface area contributed by atoms with E-state index in [0.29, 0.717) is 12.0 Å². The molecule has 110 valence electrons. The highest BCUT2D eigenvalue weighted by atomic mass is 16.3. The van der Waals surface area contributed by atoms with E-state index in [4.69, 9.17) is 4.42 Å². The molecule has 2 rings (SSSR count). The fourth-order valence-corrected chi connectivity index (χ4v) is 2.63. The minimum atomic E-state index is 0.473. The van der Waals surface area contributed by atoms with Crippen LogP contribution in [-0.2, 0) is 19.4 Å². The predicted molar refractivity (Wildman–Crippen MR) is 86.1 cm³/mol. The van der Waals surface area contributed by atoms with Gasteiger partial charge in [0, 0.05) is 17.0 Å². The first-order valence-electron chi connectivity index (χ1n) is 7.78. The average molecular weight is 273 g/mol. The van der Waals surface area contributed by atoms with Crippen LogP contribution in [0.1, 0.15) is 51.5 Å². The number of benzene rings is 1. The second kappa shape index (κ2) is 6.45. The summed E-state index contributed by atoms with van der Waals surface area (Å²) in [7, 11) is 0. The first-order chi connectivity index (χ1) is 9.52. The van der Waals surface area contributed by atoms with Gasteiger partial charge in [0.2, 0.25) is 0 Å². The Kier molecular flexibility index (Phi) is 4.87. The van der Waals surface area contributed by atoms with Crippen molar-refractivity contribution in [2.45, 2.75) is 60.0 Å². The summed E-state index contributed by atoms with van der Waals surface area (Å²) in [6.07, 6.45) is 2.10. The Hall–Kier alpha value is -1.28. The van der Waals surface area contributed by atoms with E-state index < -0.39 is 0 Å². The van der Waals surface area contributed by atoms with Gasteiger partial charge in [-0.15, -0.1) is 0 Å². The van der Waals surface area contributed by atoms with Gasteiger partial charge in [-0.05, 0) is 24.3 Å². The molecule has 2 aromatic rings. The summed E-state index contributed by atoms with van der Waals surface area (Å²) < 4.78 is 6.21. The SMILES string of the molecule is CCc1cccc2c(CC(C)C)c(CNC(C)C)oc12. The fraction of sp³-hybridized carbons (Fsp3) is 0.556. The zero-order valence-electron chi connectivity index (χ0n) is 13.4. The quantitative estimate of drug-likeness (QED) is 0.826. The van der Waals surface area contributed by atoms with Crippen LogP contribution in [0, 0.1) is 5.92 Å². The van der Waals surface area contributed by atoms with Crippen LogP contribution in [0.3, 0.4) is 0 Å². The van der Waals surface area contributed by atoms with Gasteiger partial charge in [0.25, 0.3) is 0 Å². The summed E-state index contributed by atoms with van der Waals surface area (Å²) in [6, 6.07) is 7.00. The van der Waals surface area contributed by atoms with E-state index in [0.717, 1.165) is 30.7 Å². The van der Waals surface area contributed by atoms with Crippen LogP contribution in [-0.4, -0.2) is 6.04 Å². The van der Waals surface area contributed by atoms with Crippen LogP contribution < -0.4 is 5.32 Å². The zero-order valence-corrected chi connectivity index (χ0v) is 13.4. The third kappa shape index (κ3) is 3.24. The van der Waals surface area contributed by atoms with Crippen molar-refractivity contribution >= 4 is 11.0 Å². The molecule has 0 bridgehead atoms. The van der Waals surface area contributed by atoms with Crippen LogP contribution in [0.2, 0.25) is 0 Å². The fourth-order valence-electron chi connectivity index (χ4n) is 2.63. The molecule has 0 aliphatic rings. The largest absolute Gasteiger partial charge is 0.459 e. The highest BCUT2D eigenvalue weighted by Crippen LogP contribution is 2.30. The number of nitrogens with one attached hydrogen (secondary N) is 1. The van der Waals surface area contributed by atoms with Crippen molar-refractivity contribution in [1.82, 2.24) is 5.32 Å². The molecule has 0 aliphatic carbocycles. The lowest BCUT2D eigenvalue weighted by Crippen LogP contribution is -2.22. The summed E-state index contributed by atoms with van der Waals surface area (Å²) in [4.78, 5) is 0. The third-order valence-corrected chi connectivity index (χ3v) is 3.65. The maximum atomic E-state index is 6.21. The van der Waals surface area contributed by atoms with E-state index >= 15 is 0 Å². The van der Waals surface area contributed by atoms with E-state index in [1.807, 2.05) is 0 Å². The van der Waals surface area contributed by atoms with Gasteiger partial charge in [-0.3, -0.25) is 0 Å². The van der Waals surface area contributed by atoms with E-state index in [1.165, 1.54) is 16.5 Å². The highest BCUT2D eigenvalue weighted by molar-refractivity contribution is 5.85. The van der Waals surface area contributed by atoms with Gasteiger partial charge in [0.15, 0.2) is 0 Å². The Balaban J connectivity index is 2.47. The average Bonchev–Trinajstić information content (AvgIpc) is 2.74. The van der Waals surface area contributed by atoms with Gasteiger partial charge in [0.05, 0.1) is 6.54 Å². The molecule has 1 aromatic carbocycles. The Bertz CT molecular complexity index is 566. The van der Waals surface area contributed by atoms with Crippen molar-refractivity contribution in [1.29, 1.82) is 0 Å². The predicted octanol–water partition coefficient (Wildman–Crippen LogP) is 4.69. The summed E-state index contributed by atoms with van der Waals surface area (Å²) in [5.41, 5.74) is 3.79. The molecule has 0 spiro atoms. The minimum Gasteiger partial charge on any atom is -0.459 e. The highest BCUT2D eigenvalue weighted by Gasteiger charge is 2.17. The van der Waals surface area contributed by atoms with Crippen molar-refractivity contribution in [3.63, 3.8) is 0 Å². The van der Waals surface area contributed by atoms with Gasteiger partial charge in [-0.2, -0.15) is 0 Å². The van der Waals surface area contributed by atoms with Gasteiger partial charge >= 0.3 is 0 Å². The van der Waals surface area contributed by atoms with Crippen molar-refractivity contribution in [3.8, 4) is 0 Å². The number of hydrogen-bond donors (Lipinski definition) is 1.